The molecule has 1 fully saturated rings. The Labute approximate surface area is 240 Å². The number of amides is 1. The zero-order valence-corrected chi connectivity index (χ0v) is 23.6. The van der Waals surface area contributed by atoms with E-state index >= 15 is 0 Å². The van der Waals surface area contributed by atoms with Gasteiger partial charge in [0.1, 0.15) is 23.8 Å². The van der Waals surface area contributed by atoms with Crippen LogP contribution in [0.4, 0.5) is 14.6 Å². The summed E-state index contributed by atoms with van der Waals surface area (Å²) in [5.41, 5.74) is 1.28. The molecule has 0 aliphatic carbocycles. The number of carbonyl (C=O) groups excluding carboxylic acids is 1. The molecule has 0 N–H and O–H groups in total. The second-order valence-corrected chi connectivity index (χ2v) is 10.1. The van der Waals surface area contributed by atoms with Crippen molar-refractivity contribution in [3.63, 3.8) is 0 Å². The maximum atomic E-state index is 14.9. The van der Waals surface area contributed by atoms with Crippen LogP contribution in [0.25, 0.3) is 28.0 Å². The second kappa shape index (κ2) is 11.3. The van der Waals surface area contributed by atoms with Gasteiger partial charge in [0.05, 0.1) is 33.2 Å². The van der Waals surface area contributed by atoms with Crippen molar-refractivity contribution < 1.29 is 13.6 Å². The van der Waals surface area contributed by atoms with Gasteiger partial charge in [-0.15, -0.1) is 0 Å². The fourth-order valence-electron chi connectivity index (χ4n) is 5.23. The van der Waals surface area contributed by atoms with E-state index in [9.17, 15) is 18.4 Å². The highest BCUT2D eigenvalue weighted by molar-refractivity contribution is 6.33. The molecular formula is C29H28ClF2N7O2. The highest BCUT2D eigenvalue weighted by Crippen LogP contribution is 2.35. The van der Waals surface area contributed by atoms with Crippen LogP contribution < -0.4 is 10.6 Å². The van der Waals surface area contributed by atoms with Crippen molar-refractivity contribution >= 4 is 34.4 Å². The topological polar surface area (TPSA) is 97.1 Å². The summed E-state index contributed by atoms with van der Waals surface area (Å²) in [7, 11) is 0. The first kappa shape index (κ1) is 28.3. The van der Waals surface area contributed by atoms with E-state index in [-0.39, 0.29) is 33.9 Å². The molecular weight excluding hydrogens is 552 g/mol. The van der Waals surface area contributed by atoms with E-state index in [2.05, 4.69) is 21.5 Å². The fraction of sp³-hybridized carbons (Fsp3) is 0.310. The molecule has 0 spiro atoms. The molecule has 212 valence electrons. The number of rotatable bonds is 6. The van der Waals surface area contributed by atoms with Crippen molar-refractivity contribution in [2.75, 3.05) is 24.5 Å². The second-order valence-electron chi connectivity index (χ2n) is 9.72. The zero-order valence-electron chi connectivity index (χ0n) is 22.9. The number of hydrogen-bond acceptors (Lipinski definition) is 7. The molecule has 0 bridgehead atoms. The third-order valence-electron chi connectivity index (χ3n) is 7.24. The van der Waals surface area contributed by atoms with Gasteiger partial charge in [0.15, 0.2) is 5.65 Å². The van der Waals surface area contributed by atoms with Gasteiger partial charge in [0.2, 0.25) is 5.91 Å². The van der Waals surface area contributed by atoms with Crippen LogP contribution >= 0.6 is 11.6 Å². The van der Waals surface area contributed by atoms with E-state index in [4.69, 9.17) is 16.6 Å². The van der Waals surface area contributed by atoms with Gasteiger partial charge in [-0.3, -0.25) is 4.79 Å². The maximum Gasteiger partial charge on any atom is 0.355 e. The van der Waals surface area contributed by atoms with E-state index in [0.29, 0.717) is 60.8 Å². The molecule has 1 atom stereocenters. The van der Waals surface area contributed by atoms with Gasteiger partial charge in [-0.1, -0.05) is 32.0 Å². The van der Waals surface area contributed by atoms with Crippen LogP contribution in [0.15, 0.2) is 48.0 Å². The summed E-state index contributed by atoms with van der Waals surface area (Å²) in [4.78, 5) is 47.8. The first-order valence-corrected chi connectivity index (χ1v) is 13.7. The van der Waals surface area contributed by atoms with E-state index in [1.807, 2.05) is 25.7 Å². The van der Waals surface area contributed by atoms with E-state index in [1.54, 1.807) is 11.0 Å². The maximum absolute atomic E-state index is 14.9. The highest BCUT2D eigenvalue weighted by Gasteiger charge is 2.30. The number of fused-ring (bicyclic) bond motifs is 1. The Morgan fingerprint density at radius 1 is 1.12 bits per heavy atom. The van der Waals surface area contributed by atoms with Crippen molar-refractivity contribution in [2.24, 2.45) is 0 Å². The van der Waals surface area contributed by atoms with Gasteiger partial charge in [-0.2, -0.15) is 4.98 Å². The Morgan fingerprint density at radius 3 is 2.44 bits per heavy atom. The lowest BCUT2D eigenvalue weighted by atomic mass is 10.1. The predicted octanol–water partition coefficient (Wildman–Crippen LogP) is 4.52. The summed E-state index contributed by atoms with van der Waals surface area (Å²) >= 11 is 6.69. The van der Waals surface area contributed by atoms with Gasteiger partial charge < -0.3 is 9.80 Å². The molecule has 12 heteroatoms. The molecule has 5 rings (SSSR count). The van der Waals surface area contributed by atoms with Crippen molar-refractivity contribution in [1.29, 1.82) is 0 Å². The van der Waals surface area contributed by atoms with Crippen LogP contribution in [-0.2, 0) is 17.6 Å². The van der Waals surface area contributed by atoms with Gasteiger partial charge >= 0.3 is 5.69 Å². The lowest BCUT2D eigenvalue weighted by Crippen LogP contribution is -2.54. The molecule has 1 aromatic carbocycles. The third-order valence-corrected chi connectivity index (χ3v) is 7.53. The van der Waals surface area contributed by atoms with Crippen molar-refractivity contribution in [1.82, 2.24) is 29.4 Å². The van der Waals surface area contributed by atoms with Gasteiger partial charge in [0.25, 0.3) is 0 Å². The Morgan fingerprint density at radius 2 is 1.83 bits per heavy atom. The number of aryl methyl sites for hydroxylation is 2. The average molecular weight is 580 g/mol. The Balaban J connectivity index is 1.81. The number of anilines is 1. The molecule has 0 saturated carbocycles. The first-order chi connectivity index (χ1) is 19.7. The molecule has 1 aliphatic rings. The number of aromatic nitrogens is 5. The smallest absolute Gasteiger partial charge is 0.350 e. The molecule has 0 radical (unpaired) electrons. The Kier molecular flexibility index (Phi) is 7.81. The summed E-state index contributed by atoms with van der Waals surface area (Å²) in [5.74, 6) is -1.42. The number of halogens is 3. The number of pyridine rings is 1. The minimum atomic E-state index is -0.843. The fourth-order valence-corrected chi connectivity index (χ4v) is 5.48. The molecule has 9 nitrogen and oxygen atoms in total. The van der Waals surface area contributed by atoms with Crippen LogP contribution in [0.1, 0.15) is 32.2 Å². The van der Waals surface area contributed by atoms with Crippen molar-refractivity contribution in [3.8, 4) is 16.9 Å². The van der Waals surface area contributed by atoms with E-state index in [1.165, 1.54) is 23.0 Å². The lowest BCUT2D eigenvalue weighted by Gasteiger charge is -2.40. The van der Waals surface area contributed by atoms with Crippen LogP contribution in [0, 0.1) is 11.6 Å². The number of benzene rings is 1. The standard InChI is InChI=1S/C29H28ClF2N7O2/c1-5-22-26(23(6-2)34-15-33-22)39-28-19(13-20(30)25(35-28)18-9-8-17(31)12-21(18)32)27(36-29(39)41)38-11-10-37(14-16(38)4)24(40)7-3/h7-9,12-13,15-16H,3,5-6,10-11,14H2,1-2,4H3/t16-/m0/s1. The monoisotopic (exact) mass is 579 g/mol. The van der Waals surface area contributed by atoms with Gasteiger partial charge in [-0.25, -0.2) is 33.1 Å². The minimum Gasteiger partial charge on any atom is -0.350 e. The molecule has 1 aliphatic heterocycles. The molecule has 41 heavy (non-hydrogen) atoms. The summed E-state index contributed by atoms with van der Waals surface area (Å²) in [6.45, 7) is 10.5. The van der Waals surface area contributed by atoms with Gasteiger partial charge in [-0.05, 0) is 44.0 Å². The molecule has 1 amide bonds. The minimum absolute atomic E-state index is 0.0173. The lowest BCUT2D eigenvalue weighted by molar-refractivity contribution is -0.126. The zero-order chi connectivity index (χ0) is 29.4. The number of piperazine rings is 1. The summed E-state index contributed by atoms with van der Waals surface area (Å²) in [6.07, 6.45) is 3.73. The number of carbonyl (C=O) groups is 1. The molecule has 1 saturated heterocycles. The molecule has 4 aromatic rings. The van der Waals surface area contributed by atoms with E-state index < -0.39 is 17.3 Å². The Hall–Kier alpha value is -4.25. The SMILES string of the molecule is C=CC(=O)N1CCN(c2nc(=O)n(-c3c(CC)ncnc3CC)c3nc(-c4ccc(F)cc4F)c(Cl)cc23)[C@@H](C)C1. The van der Waals surface area contributed by atoms with Crippen LogP contribution in [0.3, 0.4) is 0 Å². The third kappa shape index (κ3) is 5.06. The summed E-state index contributed by atoms with van der Waals surface area (Å²) < 4.78 is 30.0. The number of hydrogen-bond donors (Lipinski definition) is 0. The summed E-state index contributed by atoms with van der Waals surface area (Å²) in [6, 6.07) is 4.52. The van der Waals surface area contributed by atoms with Gasteiger partial charge in [0, 0.05) is 37.3 Å². The van der Waals surface area contributed by atoms with Crippen molar-refractivity contribution in [2.45, 2.75) is 39.7 Å². The largest absolute Gasteiger partial charge is 0.355 e. The molecule has 0 unspecified atom stereocenters. The quantitative estimate of drug-likeness (QED) is 0.310. The highest BCUT2D eigenvalue weighted by atomic mass is 35.5. The van der Waals surface area contributed by atoms with Crippen LogP contribution in [0.5, 0.6) is 0 Å². The predicted molar refractivity (Wildman–Crippen MR) is 153 cm³/mol. The summed E-state index contributed by atoms with van der Waals surface area (Å²) in [5, 5.41) is 0.546. The molecule has 4 heterocycles. The normalized spacial score (nSPS) is 15.4. The van der Waals surface area contributed by atoms with Crippen LogP contribution in [0.2, 0.25) is 5.02 Å². The Bertz CT molecular complexity index is 1720. The first-order valence-electron chi connectivity index (χ1n) is 13.3. The van der Waals surface area contributed by atoms with Crippen LogP contribution in [-0.4, -0.2) is 61.0 Å². The number of nitrogens with zero attached hydrogens (tertiary/aromatic N) is 7. The average Bonchev–Trinajstić information content (AvgIpc) is 2.96. The van der Waals surface area contributed by atoms with Crippen molar-refractivity contribution in [3.05, 3.63) is 81.8 Å². The van der Waals surface area contributed by atoms with E-state index in [0.717, 1.165) is 12.1 Å². The molecule has 3 aromatic heterocycles.